The van der Waals surface area contributed by atoms with E-state index in [0.29, 0.717) is 12.0 Å². The van der Waals surface area contributed by atoms with Gasteiger partial charge in [0.25, 0.3) is 0 Å². The van der Waals surface area contributed by atoms with Gasteiger partial charge in [-0.05, 0) is 45.6 Å². The standard InChI is InChI=1S/C16H27N3O/c1-13(2)19-9-6-14(11-19)10-18-15(20)16(12-17)7-4-3-5-8-16/h13-14H,3-11H2,1-2H3,(H,18,20). The highest BCUT2D eigenvalue weighted by atomic mass is 16.2. The molecule has 1 unspecified atom stereocenters. The van der Waals surface area contributed by atoms with Crippen molar-refractivity contribution in [1.82, 2.24) is 10.2 Å². The Labute approximate surface area is 122 Å². The zero-order valence-electron chi connectivity index (χ0n) is 12.8. The predicted molar refractivity (Wildman–Crippen MR) is 79.0 cm³/mol. The summed E-state index contributed by atoms with van der Waals surface area (Å²) in [6.07, 6.45) is 5.79. The summed E-state index contributed by atoms with van der Waals surface area (Å²) in [7, 11) is 0. The number of hydrogen-bond donors (Lipinski definition) is 1. The Kier molecular flexibility index (Phi) is 5.04. The SMILES string of the molecule is CC(C)N1CCC(CNC(=O)C2(C#N)CCCCC2)C1. The molecule has 0 aromatic rings. The minimum absolute atomic E-state index is 0.0253. The Hall–Kier alpha value is -1.08. The zero-order chi connectivity index (χ0) is 14.6. The van der Waals surface area contributed by atoms with Crippen LogP contribution >= 0.6 is 0 Å². The maximum atomic E-state index is 12.4. The van der Waals surface area contributed by atoms with Crippen LogP contribution in [0.5, 0.6) is 0 Å². The first-order valence-corrected chi connectivity index (χ1v) is 8.01. The summed E-state index contributed by atoms with van der Waals surface area (Å²) >= 11 is 0. The second-order valence-corrected chi connectivity index (χ2v) is 6.71. The molecule has 2 aliphatic rings. The summed E-state index contributed by atoms with van der Waals surface area (Å²) in [6.45, 7) is 7.35. The number of nitriles is 1. The largest absolute Gasteiger partial charge is 0.354 e. The molecule has 4 nitrogen and oxygen atoms in total. The lowest BCUT2D eigenvalue weighted by molar-refractivity contribution is -0.129. The minimum atomic E-state index is -0.741. The van der Waals surface area contributed by atoms with Crippen LogP contribution in [-0.2, 0) is 4.79 Å². The van der Waals surface area contributed by atoms with Crippen LogP contribution in [-0.4, -0.2) is 36.5 Å². The van der Waals surface area contributed by atoms with Gasteiger partial charge in [0.2, 0.25) is 5.91 Å². The molecule has 1 atom stereocenters. The quantitative estimate of drug-likeness (QED) is 0.858. The van der Waals surface area contributed by atoms with Crippen LogP contribution in [0.15, 0.2) is 0 Å². The van der Waals surface area contributed by atoms with Crippen molar-refractivity contribution >= 4 is 5.91 Å². The van der Waals surface area contributed by atoms with Crippen molar-refractivity contribution in [3.05, 3.63) is 0 Å². The molecule has 0 aromatic heterocycles. The van der Waals surface area contributed by atoms with Gasteiger partial charge >= 0.3 is 0 Å². The Balaban J connectivity index is 1.82. The third-order valence-corrected chi connectivity index (χ3v) is 4.95. The molecule has 20 heavy (non-hydrogen) atoms. The Bertz CT molecular complexity index is 380. The molecular weight excluding hydrogens is 250 g/mol. The highest BCUT2D eigenvalue weighted by molar-refractivity contribution is 5.85. The fraction of sp³-hybridized carbons (Fsp3) is 0.875. The lowest BCUT2D eigenvalue weighted by atomic mass is 9.74. The molecule has 0 spiro atoms. The van der Waals surface area contributed by atoms with Crippen molar-refractivity contribution < 1.29 is 4.79 Å². The highest BCUT2D eigenvalue weighted by Crippen LogP contribution is 2.35. The van der Waals surface area contributed by atoms with Gasteiger partial charge in [0.15, 0.2) is 0 Å². The average molecular weight is 277 g/mol. The smallest absolute Gasteiger partial charge is 0.240 e. The van der Waals surface area contributed by atoms with Gasteiger partial charge in [-0.15, -0.1) is 0 Å². The van der Waals surface area contributed by atoms with Gasteiger partial charge in [0.05, 0.1) is 6.07 Å². The third kappa shape index (κ3) is 3.32. The van der Waals surface area contributed by atoms with Crippen LogP contribution in [0.3, 0.4) is 0 Å². The second kappa shape index (κ2) is 6.58. The maximum Gasteiger partial charge on any atom is 0.240 e. The van der Waals surface area contributed by atoms with Crippen molar-refractivity contribution in [3.8, 4) is 6.07 Å². The molecule has 0 radical (unpaired) electrons. The zero-order valence-corrected chi connectivity index (χ0v) is 12.8. The Morgan fingerprint density at radius 3 is 2.65 bits per heavy atom. The molecule has 1 N–H and O–H groups in total. The minimum Gasteiger partial charge on any atom is -0.354 e. The van der Waals surface area contributed by atoms with E-state index in [2.05, 4.69) is 30.1 Å². The summed E-state index contributed by atoms with van der Waals surface area (Å²) in [4.78, 5) is 14.8. The van der Waals surface area contributed by atoms with Gasteiger partial charge < -0.3 is 10.2 Å². The van der Waals surface area contributed by atoms with E-state index in [4.69, 9.17) is 0 Å². The molecule has 1 saturated heterocycles. The van der Waals surface area contributed by atoms with E-state index < -0.39 is 5.41 Å². The monoisotopic (exact) mass is 277 g/mol. The van der Waals surface area contributed by atoms with E-state index in [-0.39, 0.29) is 5.91 Å². The molecule has 0 bridgehead atoms. The van der Waals surface area contributed by atoms with E-state index in [1.54, 1.807) is 0 Å². The van der Waals surface area contributed by atoms with Crippen molar-refractivity contribution in [2.24, 2.45) is 11.3 Å². The van der Waals surface area contributed by atoms with E-state index in [1.165, 1.54) is 0 Å². The van der Waals surface area contributed by atoms with Crippen molar-refractivity contribution in [2.45, 2.75) is 58.4 Å². The van der Waals surface area contributed by atoms with Crippen LogP contribution in [0.25, 0.3) is 0 Å². The number of rotatable bonds is 4. The van der Waals surface area contributed by atoms with Crippen molar-refractivity contribution in [3.63, 3.8) is 0 Å². The average Bonchev–Trinajstić information content (AvgIpc) is 2.94. The topological polar surface area (TPSA) is 56.1 Å². The van der Waals surface area contributed by atoms with Gasteiger partial charge in [0.1, 0.15) is 5.41 Å². The predicted octanol–water partition coefficient (Wildman–Crippen LogP) is 2.31. The number of likely N-dealkylation sites (tertiary alicyclic amines) is 1. The number of amides is 1. The van der Waals surface area contributed by atoms with Crippen LogP contribution in [0.4, 0.5) is 0 Å². The van der Waals surface area contributed by atoms with Gasteiger partial charge in [-0.3, -0.25) is 4.79 Å². The van der Waals surface area contributed by atoms with Crippen LogP contribution < -0.4 is 5.32 Å². The van der Waals surface area contributed by atoms with Crippen LogP contribution in [0.1, 0.15) is 52.4 Å². The van der Waals surface area contributed by atoms with E-state index >= 15 is 0 Å². The highest BCUT2D eigenvalue weighted by Gasteiger charge is 2.40. The summed E-state index contributed by atoms with van der Waals surface area (Å²) in [6, 6.07) is 2.88. The number of nitrogens with one attached hydrogen (secondary N) is 1. The fourth-order valence-corrected chi connectivity index (χ4v) is 3.45. The van der Waals surface area contributed by atoms with Crippen molar-refractivity contribution in [2.75, 3.05) is 19.6 Å². The Morgan fingerprint density at radius 2 is 2.10 bits per heavy atom. The molecule has 1 aliphatic heterocycles. The van der Waals surface area contributed by atoms with Gasteiger partial charge in [0, 0.05) is 19.1 Å². The second-order valence-electron chi connectivity index (χ2n) is 6.71. The van der Waals surface area contributed by atoms with E-state index in [1.807, 2.05) is 0 Å². The first-order chi connectivity index (χ1) is 9.57. The van der Waals surface area contributed by atoms with Gasteiger partial charge in [-0.25, -0.2) is 0 Å². The molecule has 4 heteroatoms. The summed E-state index contributed by atoms with van der Waals surface area (Å²) < 4.78 is 0. The van der Waals surface area contributed by atoms with Crippen LogP contribution in [0, 0.1) is 22.7 Å². The molecule has 1 aliphatic carbocycles. The normalized spacial score (nSPS) is 26.4. The number of hydrogen-bond acceptors (Lipinski definition) is 3. The molecule has 0 aromatic carbocycles. The molecule has 1 saturated carbocycles. The lowest BCUT2D eigenvalue weighted by Crippen LogP contribution is -2.43. The summed E-state index contributed by atoms with van der Waals surface area (Å²) in [5.41, 5.74) is -0.741. The molecule has 112 valence electrons. The molecule has 2 rings (SSSR count). The number of nitrogens with zero attached hydrogens (tertiary/aromatic N) is 2. The fourth-order valence-electron chi connectivity index (χ4n) is 3.45. The maximum absolute atomic E-state index is 12.4. The van der Waals surface area contributed by atoms with Crippen LogP contribution in [0.2, 0.25) is 0 Å². The lowest BCUT2D eigenvalue weighted by Gasteiger charge is -2.29. The van der Waals surface area contributed by atoms with E-state index in [9.17, 15) is 10.1 Å². The first kappa shape index (κ1) is 15.3. The van der Waals surface area contributed by atoms with Gasteiger partial charge in [-0.2, -0.15) is 5.26 Å². The molecule has 2 fully saturated rings. The Morgan fingerprint density at radius 1 is 1.40 bits per heavy atom. The summed E-state index contributed by atoms with van der Waals surface area (Å²) in [5, 5.41) is 12.5. The van der Waals surface area contributed by atoms with Gasteiger partial charge in [-0.1, -0.05) is 19.3 Å². The van der Waals surface area contributed by atoms with E-state index in [0.717, 1.165) is 58.2 Å². The molecule has 1 amide bonds. The summed E-state index contributed by atoms with van der Waals surface area (Å²) in [5.74, 6) is 0.517. The third-order valence-electron chi connectivity index (χ3n) is 4.95. The molecule has 1 heterocycles. The first-order valence-electron chi connectivity index (χ1n) is 8.01. The number of carbonyl (C=O) groups excluding carboxylic acids is 1. The number of carbonyl (C=O) groups is 1. The molecular formula is C16H27N3O. The van der Waals surface area contributed by atoms with Crippen molar-refractivity contribution in [1.29, 1.82) is 5.26 Å².